The molecule has 0 radical (unpaired) electrons. The molecule has 1 aliphatic heterocycles. The molecule has 6 nitrogen and oxygen atoms in total. The summed E-state index contributed by atoms with van der Waals surface area (Å²) in [4.78, 5) is 27.2. The van der Waals surface area contributed by atoms with E-state index in [0.717, 1.165) is 12.8 Å². The number of aromatic nitrogens is 3. The number of amides is 1. The molecule has 7 heteroatoms. The lowest BCUT2D eigenvalue weighted by atomic mass is 9.80. The van der Waals surface area contributed by atoms with E-state index in [1.807, 2.05) is 17.9 Å². The molecule has 0 aliphatic carbocycles. The van der Waals surface area contributed by atoms with Gasteiger partial charge in [-0.15, -0.1) is 0 Å². The second-order valence-electron chi connectivity index (χ2n) is 7.77. The largest absolute Gasteiger partial charge is 0.445 e. The lowest BCUT2D eigenvalue weighted by Gasteiger charge is -2.37. The first-order chi connectivity index (χ1) is 14.0. The van der Waals surface area contributed by atoms with Gasteiger partial charge < -0.3 is 9.32 Å². The van der Waals surface area contributed by atoms with E-state index in [1.165, 1.54) is 12.4 Å². The fourth-order valence-electron chi connectivity index (χ4n) is 3.69. The molecule has 0 atom stereocenters. The number of likely N-dealkylation sites (tertiary alicyclic amines) is 1. The number of oxazole rings is 1. The molecule has 0 bridgehead atoms. The minimum absolute atomic E-state index is 0.0437. The number of carbonyl (C=O) groups excluding carboxylic acids is 1. The molecule has 0 spiro atoms. The average Bonchev–Trinajstić information content (AvgIpc) is 3.20. The maximum absolute atomic E-state index is 13.9. The van der Waals surface area contributed by atoms with Crippen molar-refractivity contribution in [2.45, 2.75) is 38.5 Å². The van der Waals surface area contributed by atoms with E-state index in [-0.39, 0.29) is 17.1 Å². The Morgan fingerprint density at radius 2 is 1.97 bits per heavy atom. The zero-order chi connectivity index (χ0) is 20.4. The first-order valence-corrected chi connectivity index (χ1v) is 9.71. The highest BCUT2D eigenvalue weighted by atomic mass is 19.1. The molecule has 0 unspecified atom stereocenters. The minimum Gasteiger partial charge on any atom is -0.445 e. The summed E-state index contributed by atoms with van der Waals surface area (Å²) in [6, 6.07) is 6.67. The van der Waals surface area contributed by atoms with Crippen LogP contribution in [0.15, 0.2) is 47.4 Å². The normalized spacial score (nSPS) is 16.0. The Bertz CT molecular complexity index is 1020. The highest BCUT2D eigenvalue weighted by Gasteiger charge is 2.37. The SMILES string of the molecule is Cc1ncncc1C(=O)N1CCC(C)(c2ncc(Cc3ccccc3F)o2)CC1. The molecule has 1 saturated heterocycles. The lowest BCUT2D eigenvalue weighted by Crippen LogP contribution is -2.44. The summed E-state index contributed by atoms with van der Waals surface area (Å²) in [5.41, 5.74) is 1.55. The maximum atomic E-state index is 13.9. The van der Waals surface area contributed by atoms with Crippen molar-refractivity contribution in [2.75, 3.05) is 13.1 Å². The smallest absolute Gasteiger partial charge is 0.257 e. The number of benzene rings is 1. The summed E-state index contributed by atoms with van der Waals surface area (Å²) in [6.45, 7) is 5.13. The zero-order valence-electron chi connectivity index (χ0n) is 16.6. The van der Waals surface area contributed by atoms with E-state index in [4.69, 9.17) is 4.42 Å². The van der Waals surface area contributed by atoms with Crippen LogP contribution in [-0.4, -0.2) is 38.8 Å². The molecule has 1 aliphatic rings. The first kappa shape index (κ1) is 19.2. The molecule has 0 saturated carbocycles. The van der Waals surface area contributed by atoms with E-state index in [9.17, 15) is 9.18 Å². The number of nitrogens with zero attached hydrogens (tertiary/aromatic N) is 4. The third-order valence-electron chi connectivity index (χ3n) is 5.69. The van der Waals surface area contributed by atoms with Gasteiger partial charge in [0, 0.05) is 31.1 Å². The van der Waals surface area contributed by atoms with Gasteiger partial charge in [0.1, 0.15) is 17.9 Å². The molecule has 1 amide bonds. The standard InChI is InChI=1S/C22H23FN4O2/c1-15-18(13-24-14-26-15)20(28)27-9-7-22(2,8-10-27)21-25-12-17(29-21)11-16-5-3-4-6-19(16)23/h3-6,12-14H,7-11H2,1-2H3. The predicted molar refractivity (Wildman–Crippen MR) is 105 cm³/mol. The van der Waals surface area contributed by atoms with E-state index < -0.39 is 0 Å². The number of carbonyl (C=O) groups is 1. The Morgan fingerprint density at radius 3 is 2.69 bits per heavy atom. The monoisotopic (exact) mass is 394 g/mol. The quantitative estimate of drug-likeness (QED) is 0.675. The van der Waals surface area contributed by atoms with Crippen molar-refractivity contribution in [1.29, 1.82) is 0 Å². The molecular weight excluding hydrogens is 371 g/mol. The summed E-state index contributed by atoms with van der Waals surface area (Å²) in [5, 5.41) is 0. The highest BCUT2D eigenvalue weighted by molar-refractivity contribution is 5.94. The number of hydrogen-bond acceptors (Lipinski definition) is 5. The van der Waals surface area contributed by atoms with Crippen LogP contribution in [0.4, 0.5) is 4.39 Å². The average molecular weight is 394 g/mol. The van der Waals surface area contributed by atoms with Crippen LogP contribution in [0.2, 0.25) is 0 Å². The van der Waals surface area contributed by atoms with Crippen molar-refractivity contribution in [3.05, 3.63) is 77.3 Å². The van der Waals surface area contributed by atoms with Gasteiger partial charge in [-0.25, -0.2) is 19.3 Å². The Morgan fingerprint density at radius 1 is 1.21 bits per heavy atom. The van der Waals surface area contributed by atoms with Gasteiger partial charge >= 0.3 is 0 Å². The molecule has 3 aromatic rings. The maximum Gasteiger partial charge on any atom is 0.257 e. The summed E-state index contributed by atoms with van der Waals surface area (Å²) >= 11 is 0. The Labute approximate surface area is 168 Å². The lowest BCUT2D eigenvalue weighted by molar-refractivity contribution is 0.0656. The van der Waals surface area contributed by atoms with E-state index in [0.29, 0.717) is 48.0 Å². The van der Waals surface area contributed by atoms with Crippen molar-refractivity contribution in [1.82, 2.24) is 19.9 Å². The van der Waals surface area contributed by atoms with Crippen LogP contribution in [0.3, 0.4) is 0 Å². The van der Waals surface area contributed by atoms with E-state index >= 15 is 0 Å². The van der Waals surface area contributed by atoms with Gasteiger partial charge in [-0.1, -0.05) is 25.1 Å². The Hall–Kier alpha value is -3.09. The van der Waals surface area contributed by atoms with Crippen LogP contribution >= 0.6 is 0 Å². The van der Waals surface area contributed by atoms with Crippen molar-refractivity contribution >= 4 is 5.91 Å². The summed E-state index contributed by atoms with van der Waals surface area (Å²) < 4.78 is 19.9. The van der Waals surface area contributed by atoms with Gasteiger partial charge in [0.15, 0.2) is 5.89 Å². The van der Waals surface area contributed by atoms with Gasteiger partial charge in [0.25, 0.3) is 5.91 Å². The second-order valence-corrected chi connectivity index (χ2v) is 7.77. The van der Waals surface area contributed by atoms with E-state index in [2.05, 4.69) is 21.9 Å². The Balaban J connectivity index is 1.43. The summed E-state index contributed by atoms with van der Waals surface area (Å²) in [5.74, 6) is 0.999. The molecule has 4 rings (SSSR count). The highest BCUT2D eigenvalue weighted by Crippen LogP contribution is 2.35. The number of rotatable bonds is 4. The molecule has 1 aromatic carbocycles. The first-order valence-electron chi connectivity index (χ1n) is 9.71. The van der Waals surface area contributed by atoms with Crippen LogP contribution in [0.1, 0.15) is 53.0 Å². The van der Waals surface area contributed by atoms with E-state index in [1.54, 1.807) is 24.5 Å². The van der Waals surface area contributed by atoms with Crippen LogP contribution in [-0.2, 0) is 11.8 Å². The molecule has 2 aromatic heterocycles. The van der Waals surface area contributed by atoms with Gasteiger partial charge in [0.2, 0.25) is 0 Å². The third kappa shape index (κ3) is 3.90. The zero-order valence-corrected chi connectivity index (χ0v) is 16.6. The number of aryl methyl sites for hydroxylation is 1. The van der Waals surface area contributed by atoms with Gasteiger partial charge in [-0.2, -0.15) is 0 Å². The second kappa shape index (κ2) is 7.73. The molecule has 3 heterocycles. The summed E-state index contributed by atoms with van der Waals surface area (Å²) in [6.07, 6.45) is 6.54. The number of piperidine rings is 1. The Kier molecular flexibility index (Phi) is 5.13. The molecular formula is C22H23FN4O2. The minimum atomic E-state index is -0.257. The van der Waals surface area contributed by atoms with Crippen LogP contribution < -0.4 is 0 Å². The van der Waals surface area contributed by atoms with Crippen LogP contribution in [0, 0.1) is 12.7 Å². The molecule has 150 valence electrons. The fourth-order valence-corrected chi connectivity index (χ4v) is 3.69. The number of halogens is 1. The van der Waals surface area contributed by atoms with Crippen molar-refractivity contribution in [2.24, 2.45) is 0 Å². The van der Waals surface area contributed by atoms with Crippen molar-refractivity contribution in [3.63, 3.8) is 0 Å². The summed E-state index contributed by atoms with van der Waals surface area (Å²) in [7, 11) is 0. The topological polar surface area (TPSA) is 72.1 Å². The fraction of sp³-hybridized carbons (Fsp3) is 0.364. The van der Waals surface area contributed by atoms with Crippen LogP contribution in [0.5, 0.6) is 0 Å². The van der Waals surface area contributed by atoms with Crippen LogP contribution in [0.25, 0.3) is 0 Å². The molecule has 0 N–H and O–H groups in total. The van der Waals surface area contributed by atoms with Gasteiger partial charge in [0.05, 0.1) is 17.5 Å². The van der Waals surface area contributed by atoms with Gasteiger partial charge in [-0.05, 0) is 31.4 Å². The predicted octanol–water partition coefficient (Wildman–Crippen LogP) is 3.70. The third-order valence-corrected chi connectivity index (χ3v) is 5.69. The van der Waals surface area contributed by atoms with Crippen molar-refractivity contribution < 1.29 is 13.6 Å². The molecule has 1 fully saturated rings. The number of hydrogen-bond donors (Lipinski definition) is 0. The van der Waals surface area contributed by atoms with Crippen molar-refractivity contribution in [3.8, 4) is 0 Å². The molecule has 29 heavy (non-hydrogen) atoms. The van der Waals surface area contributed by atoms with Gasteiger partial charge in [-0.3, -0.25) is 4.79 Å².